The summed E-state index contributed by atoms with van der Waals surface area (Å²) < 4.78 is 19.5. The van der Waals surface area contributed by atoms with Gasteiger partial charge in [-0.25, -0.2) is 4.21 Å². The minimum atomic E-state index is -2.35. The predicted octanol–water partition coefficient (Wildman–Crippen LogP) is 2.04. The Labute approximate surface area is 99.2 Å². The van der Waals surface area contributed by atoms with Crippen LogP contribution in [-0.4, -0.2) is 27.8 Å². The SMILES string of the molecule is CCC1(CC)CNCCS1(=N)=O.Cl.Cl. The van der Waals surface area contributed by atoms with Gasteiger partial charge in [-0.15, -0.1) is 24.8 Å². The van der Waals surface area contributed by atoms with Gasteiger partial charge in [-0.2, -0.15) is 0 Å². The molecule has 0 radical (unpaired) electrons. The maximum Gasteiger partial charge on any atom is 0.0658 e. The molecule has 1 atom stereocenters. The summed E-state index contributed by atoms with van der Waals surface area (Å²) in [5, 5.41) is 3.23. The summed E-state index contributed by atoms with van der Waals surface area (Å²) in [5.41, 5.74) is 0. The van der Waals surface area contributed by atoms with Crippen molar-refractivity contribution in [2.24, 2.45) is 0 Å². The van der Waals surface area contributed by atoms with Crippen LogP contribution in [0.15, 0.2) is 0 Å². The summed E-state index contributed by atoms with van der Waals surface area (Å²) >= 11 is 0. The summed E-state index contributed by atoms with van der Waals surface area (Å²) in [6.45, 7) is 5.56. The maximum absolute atomic E-state index is 11.9. The fourth-order valence-electron chi connectivity index (χ4n) is 1.83. The molecule has 1 unspecified atom stereocenters. The smallest absolute Gasteiger partial charge is 0.0658 e. The van der Waals surface area contributed by atoms with Gasteiger partial charge in [0.2, 0.25) is 0 Å². The van der Waals surface area contributed by atoms with Crippen LogP contribution in [0, 0.1) is 4.78 Å². The molecule has 3 nitrogen and oxygen atoms in total. The van der Waals surface area contributed by atoms with E-state index in [0.717, 1.165) is 25.9 Å². The summed E-state index contributed by atoms with van der Waals surface area (Å²) in [6, 6.07) is 0. The van der Waals surface area contributed by atoms with E-state index in [2.05, 4.69) is 5.32 Å². The Morgan fingerprint density at radius 1 is 1.36 bits per heavy atom. The molecule has 0 amide bonds. The summed E-state index contributed by atoms with van der Waals surface area (Å²) in [5.74, 6) is 0.522. The Hall–Kier alpha value is 0.490. The maximum atomic E-state index is 11.9. The van der Waals surface area contributed by atoms with Crippen molar-refractivity contribution >= 4 is 34.5 Å². The molecule has 0 saturated carbocycles. The van der Waals surface area contributed by atoms with Crippen LogP contribution in [0.4, 0.5) is 0 Å². The Morgan fingerprint density at radius 3 is 2.14 bits per heavy atom. The molecule has 0 aromatic carbocycles. The van der Waals surface area contributed by atoms with Crippen LogP contribution >= 0.6 is 24.8 Å². The van der Waals surface area contributed by atoms with E-state index in [-0.39, 0.29) is 29.6 Å². The molecule has 88 valence electrons. The fraction of sp³-hybridized carbons (Fsp3) is 1.00. The Morgan fingerprint density at radius 2 is 1.86 bits per heavy atom. The van der Waals surface area contributed by atoms with Gasteiger partial charge in [-0.3, -0.25) is 4.78 Å². The van der Waals surface area contributed by atoms with Gasteiger partial charge in [-0.1, -0.05) is 13.8 Å². The van der Waals surface area contributed by atoms with Crippen LogP contribution in [-0.2, 0) is 9.73 Å². The van der Waals surface area contributed by atoms with Crippen molar-refractivity contribution in [3.63, 3.8) is 0 Å². The molecular formula is C8H20Cl2N2OS. The molecular weight excluding hydrogens is 243 g/mol. The summed E-state index contributed by atoms with van der Waals surface area (Å²) in [7, 11) is -2.35. The van der Waals surface area contributed by atoms with Crippen molar-refractivity contribution in [1.29, 1.82) is 4.78 Å². The second-order valence-corrected chi connectivity index (χ2v) is 6.07. The Kier molecular flexibility index (Phi) is 7.43. The quantitative estimate of drug-likeness (QED) is 0.801. The van der Waals surface area contributed by atoms with Gasteiger partial charge in [-0.05, 0) is 12.8 Å². The lowest BCUT2D eigenvalue weighted by atomic mass is 10.0. The third-order valence-electron chi connectivity index (χ3n) is 3.00. The first-order valence-electron chi connectivity index (χ1n) is 4.55. The number of hydrogen-bond acceptors (Lipinski definition) is 3. The molecule has 1 aliphatic rings. The van der Waals surface area contributed by atoms with Gasteiger partial charge in [0.1, 0.15) is 0 Å². The summed E-state index contributed by atoms with van der Waals surface area (Å²) in [6.07, 6.45) is 1.69. The van der Waals surface area contributed by atoms with Crippen LogP contribution in [0.5, 0.6) is 0 Å². The first-order valence-corrected chi connectivity index (χ1v) is 6.27. The van der Waals surface area contributed by atoms with E-state index in [1.165, 1.54) is 0 Å². The van der Waals surface area contributed by atoms with Gasteiger partial charge in [0.05, 0.1) is 14.5 Å². The third kappa shape index (κ3) is 2.75. The average molecular weight is 263 g/mol. The van der Waals surface area contributed by atoms with E-state index in [9.17, 15) is 4.21 Å². The number of nitrogens with one attached hydrogen (secondary N) is 2. The zero-order valence-electron chi connectivity index (χ0n) is 8.67. The van der Waals surface area contributed by atoms with E-state index in [1.54, 1.807) is 0 Å². The van der Waals surface area contributed by atoms with Gasteiger partial charge >= 0.3 is 0 Å². The first kappa shape index (κ1) is 16.9. The predicted molar refractivity (Wildman–Crippen MR) is 66.4 cm³/mol. The highest BCUT2D eigenvalue weighted by Gasteiger charge is 2.39. The molecule has 0 aromatic heterocycles. The largest absolute Gasteiger partial charge is 0.314 e. The third-order valence-corrected chi connectivity index (χ3v) is 5.90. The standard InChI is InChI=1S/C8H18N2OS.2ClH/c1-3-8(4-2)7-10-5-6-12(8,9)11;;/h9-10H,3-7H2,1-2H3;2*1H. The molecule has 1 fully saturated rings. The van der Waals surface area contributed by atoms with E-state index < -0.39 is 9.73 Å². The normalized spacial score (nSPS) is 29.9. The van der Waals surface area contributed by atoms with Crippen LogP contribution in [0.1, 0.15) is 26.7 Å². The van der Waals surface area contributed by atoms with E-state index in [1.807, 2.05) is 13.8 Å². The first-order chi connectivity index (χ1) is 5.58. The topological polar surface area (TPSA) is 53.0 Å². The lowest BCUT2D eigenvalue weighted by Gasteiger charge is -2.37. The highest BCUT2D eigenvalue weighted by molar-refractivity contribution is 7.93. The molecule has 6 heteroatoms. The molecule has 1 saturated heterocycles. The average Bonchev–Trinajstić information content (AvgIpc) is 2.05. The highest BCUT2D eigenvalue weighted by Crippen LogP contribution is 2.28. The Balaban J connectivity index is 0. The molecule has 14 heavy (non-hydrogen) atoms. The van der Waals surface area contributed by atoms with Crippen molar-refractivity contribution in [3.05, 3.63) is 0 Å². The minimum Gasteiger partial charge on any atom is -0.314 e. The molecule has 0 bridgehead atoms. The molecule has 0 aliphatic carbocycles. The van der Waals surface area contributed by atoms with Crippen LogP contribution in [0.25, 0.3) is 0 Å². The lowest BCUT2D eigenvalue weighted by Crippen LogP contribution is -2.53. The highest BCUT2D eigenvalue weighted by atomic mass is 35.5. The molecule has 1 heterocycles. The minimum absolute atomic E-state index is 0. The molecule has 0 spiro atoms. The van der Waals surface area contributed by atoms with E-state index >= 15 is 0 Å². The number of hydrogen-bond donors (Lipinski definition) is 2. The van der Waals surface area contributed by atoms with Crippen molar-refractivity contribution in [3.8, 4) is 0 Å². The van der Waals surface area contributed by atoms with E-state index in [4.69, 9.17) is 4.78 Å². The van der Waals surface area contributed by atoms with Crippen LogP contribution in [0.3, 0.4) is 0 Å². The number of rotatable bonds is 2. The monoisotopic (exact) mass is 262 g/mol. The van der Waals surface area contributed by atoms with Crippen molar-refractivity contribution in [2.75, 3.05) is 18.8 Å². The second-order valence-electron chi connectivity index (χ2n) is 3.45. The Bertz CT molecular complexity index is 250. The fourth-order valence-corrected chi connectivity index (χ4v) is 3.96. The van der Waals surface area contributed by atoms with E-state index in [0.29, 0.717) is 5.75 Å². The second kappa shape index (κ2) is 6.16. The van der Waals surface area contributed by atoms with Crippen LogP contribution in [0.2, 0.25) is 0 Å². The van der Waals surface area contributed by atoms with Gasteiger partial charge in [0, 0.05) is 18.8 Å². The molecule has 2 N–H and O–H groups in total. The number of halogens is 2. The van der Waals surface area contributed by atoms with Crippen molar-refractivity contribution in [2.45, 2.75) is 31.4 Å². The van der Waals surface area contributed by atoms with Crippen molar-refractivity contribution < 1.29 is 4.21 Å². The van der Waals surface area contributed by atoms with Crippen LogP contribution < -0.4 is 5.32 Å². The van der Waals surface area contributed by atoms with Crippen molar-refractivity contribution in [1.82, 2.24) is 5.32 Å². The summed E-state index contributed by atoms with van der Waals surface area (Å²) in [4.78, 5) is 0. The molecule has 1 rings (SSSR count). The zero-order chi connectivity index (χ0) is 9.24. The lowest BCUT2D eigenvalue weighted by molar-refractivity contribution is 0.459. The molecule has 1 aliphatic heterocycles. The molecule has 0 aromatic rings. The van der Waals surface area contributed by atoms with Gasteiger partial charge in [0.15, 0.2) is 0 Å². The van der Waals surface area contributed by atoms with Gasteiger partial charge < -0.3 is 5.32 Å². The zero-order valence-corrected chi connectivity index (χ0v) is 11.1. The van der Waals surface area contributed by atoms with Gasteiger partial charge in [0.25, 0.3) is 0 Å².